The van der Waals surface area contributed by atoms with Crippen LogP contribution in [-0.4, -0.2) is 69.0 Å². The van der Waals surface area contributed by atoms with Crippen LogP contribution in [0.3, 0.4) is 0 Å². The molecule has 1 fully saturated rings. The number of likely N-dealkylation sites (N-methyl/N-ethyl adjacent to an activating group) is 1. The lowest BCUT2D eigenvalue weighted by atomic mass is 10.1. The van der Waals surface area contributed by atoms with Crippen molar-refractivity contribution in [3.05, 3.63) is 29.3 Å². The van der Waals surface area contributed by atoms with Crippen molar-refractivity contribution in [1.82, 2.24) is 25.1 Å². The summed E-state index contributed by atoms with van der Waals surface area (Å²) >= 11 is 1.42. The molecule has 0 saturated carbocycles. The van der Waals surface area contributed by atoms with Crippen molar-refractivity contribution in [2.75, 3.05) is 32.7 Å². The van der Waals surface area contributed by atoms with Crippen LogP contribution in [0.5, 0.6) is 0 Å². The number of carbonyl (C=O) groups is 1. The van der Waals surface area contributed by atoms with Gasteiger partial charge in [-0.3, -0.25) is 4.79 Å². The Bertz CT molecular complexity index is 769. The van der Waals surface area contributed by atoms with Crippen molar-refractivity contribution >= 4 is 17.7 Å². The zero-order valence-electron chi connectivity index (χ0n) is 15.9. The largest absolute Gasteiger partial charge is 0.332 e. The van der Waals surface area contributed by atoms with Crippen LogP contribution in [0.25, 0.3) is 5.69 Å². The van der Waals surface area contributed by atoms with Gasteiger partial charge in [0.25, 0.3) is 0 Å². The number of piperazine rings is 1. The number of nitrogens with zero attached hydrogens (tertiary/aromatic N) is 5. The highest BCUT2D eigenvalue weighted by Crippen LogP contribution is 2.25. The summed E-state index contributed by atoms with van der Waals surface area (Å²) in [5, 5.41) is 12.5. The number of aromatic nitrogens is 4. The van der Waals surface area contributed by atoms with Gasteiger partial charge in [-0.05, 0) is 49.8 Å². The molecule has 0 unspecified atom stereocenters. The zero-order chi connectivity index (χ0) is 18.7. The van der Waals surface area contributed by atoms with Gasteiger partial charge >= 0.3 is 0 Å². The van der Waals surface area contributed by atoms with E-state index >= 15 is 0 Å². The number of thioether (sulfide) groups is 1. The maximum absolute atomic E-state index is 12.8. The van der Waals surface area contributed by atoms with Crippen molar-refractivity contribution in [3.8, 4) is 5.69 Å². The van der Waals surface area contributed by atoms with Gasteiger partial charge in [0, 0.05) is 0 Å². The number of rotatable bonds is 5. The molecule has 1 aromatic heterocycles. The third-order valence-corrected chi connectivity index (χ3v) is 5.95. The van der Waals surface area contributed by atoms with Gasteiger partial charge in [-0.2, -0.15) is 4.68 Å². The molecule has 2 heterocycles. The topological polar surface area (TPSA) is 68.3 Å². The quantitative estimate of drug-likeness (QED) is 0.771. The van der Waals surface area contributed by atoms with Crippen molar-refractivity contribution in [2.24, 2.45) is 0 Å². The fourth-order valence-corrected chi connectivity index (χ4v) is 4.19. The molecule has 1 aliphatic heterocycles. The van der Waals surface area contributed by atoms with E-state index < -0.39 is 0 Å². The Labute approximate surface area is 158 Å². The number of quaternary nitrogens is 1. The van der Waals surface area contributed by atoms with Crippen LogP contribution in [0.1, 0.15) is 25.0 Å². The first-order valence-electron chi connectivity index (χ1n) is 9.14. The molecule has 0 radical (unpaired) electrons. The van der Waals surface area contributed by atoms with Crippen LogP contribution in [0.15, 0.2) is 23.4 Å². The van der Waals surface area contributed by atoms with Gasteiger partial charge in [0.05, 0.1) is 43.7 Å². The maximum atomic E-state index is 12.8. The highest BCUT2D eigenvalue weighted by atomic mass is 32.2. The minimum Gasteiger partial charge on any atom is -0.332 e. The first kappa shape index (κ1) is 18.8. The van der Waals surface area contributed by atoms with Gasteiger partial charge in [0.15, 0.2) is 0 Å². The Morgan fingerprint density at radius 3 is 2.69 bits per heavy atom. The highest BCUT2D eigenvalue weighted by molar-refractivity contribution is 8.00. The van der Waals surface area contributed by atoms with Gasteiger partial charge < -0.3 is 9.80 Å². The molecule has 2 aromatic rings. The number of benzene rings is 1. The van der Waals surface area contributed by atoms with E-state index in [4.69, 9.17) is 0 Å². The van der Waals surface area contributed by atoms with Crippen LogP contribution in [0.2, 0.25) is 0 Å². The zero-order valence-corrected chi connectivity index (χ0v) is 16.7. The Balaban J connectivity index is 1.70. The van der Waals surface area contributed by atoms with Gasteiger partial charge in [0.1, 0.15) is 0 Å². The number of amides is 1. The molecule has 0 spiro atoms. The minimum absolute atomic E-state index is 0.167. The third kappa shape index (κ3) is 4.07. The molecule has 7 nitrogen and oxygen atoms in total. The second-order valence-corrected chi connectivity index (χ2v) is 8.16. The molecule has 8 heteroatoms. The van der Waals surface area contributed by atoms with Crippen LogP contribution in [0, 0.1) is 13.8 Å². The number of nitrogens with one attached hydrogen (secondary N) is 1. The summed E-state index contributed by atoms with van der Waals surface area (Å²) in [6.07, 6.45) is 0. The van der Waals surface area contributed by atoms with Crippen molar-refractivity contribution in [3.63, 3.8) is 0 Å². The van der Waals surface area contributed by atoms with Crippen molar-refractivity contribution in [2.45, 2.75) is 38.1 Å². The molecule has 140 valence electrons. The SMILES string of the molecule is CC[NH+]1CCN(C(=O)[C@@H](C)Sc2nnnn2-c2ccc(C)cc2C)CC1. The molecule has 1 atom stereocenters. The molecule has 1 saturated heterocycles. The lowest BCUT2D eigenvalue weighted by Gasteiger charge is -2.32. The van der Waals surface area contributed by atoms with E-state index in [2.05, 4.69) is 35.4 Å². The van der Waals surface area contributed by atoms with E-state index in [0.717, 1.165) is 44.0 Å². The van der Waals surface area contributed by atoms with E-state index in [0.29, 0.717) is 5.16 Å². The summed E-state index contributed by atoms with van der Waals surface area (Å²) in [6.45, 7) is 13.1. The molecule has 0 aliphatic carbocycles. The summed E-state index contributed by atoms with van der Waals surface area (Å²) in [4.78, 5) is 16.3. The first-order valence-corrected chi connectivity index (χ1v) is 10.0. The van der Waals surface area contributed by atoms with Gasteiger partial charge in [-0.25, -0.2) is 0 Å². The second-order valence-electron chi connectivity index (χ2n) is 6.85. The number of carbonyl (C=O) groups excluding carboxylic acids is 1. The van der Waals surface area contributed by atoms with E-state index in [1.165, 1.54) is 17.3 Å². The molecule has 1 aliphatic rings. The molecule has 1 N–H and O–H groups in total. The maximum Gasteiger partial charge on any atom is 0.236 e. The summed E-state index contributed by atoms with van der Waals surface area (Å²) in [7, 11) is 0. The molecule has 3 rings (SSSR count). The predicted molar refractivity (Wildman–Crippen MR) is 102 cm³/mol. The third-order valence-electron chi connectivity index (χ3n) is 4.93. The van der Waals surface area contributed by atoms with Crippen LogP contribution in [0.4, 0.5) is 0 Å². The number of tetrazole rings is 1. The van der Waals surface area contributed by atoms with Crippen LogP contribution >= 0.6 is 11.8 Å². The lowest BCUT2D eigenvalue weighted by molar-refractivity contribution is -0.902. The Kier molecular flexibility index (Phi) is 5.93. The Morgan fingerprint density at radius 1 is 1.31 bits per heavy atom. The van der Waals surface area contributed by atoms with Crippen LogP contribution < -0.4 is 4.90 Å². The second kappa shape index (κ2) is 8.18. The predicted octanol–water partition coefficient (Wildman–Crippen LogP) is 0.507. The Hall–Kier alpha value is -1.93. The van der Waals surface area contributed by atoms with Gasteiger partial charge in [-0.15, -0.1) is 5.10 Å². The monoisotopic (exact) mass is 375 g/mol. The van der Waals surface area contributed by atoms with E-state index in [-0.39, 0.29) is 11.2 Å². The van der Waals surface area contributed by atoms with Crippen molar-refractivity contribution in [1.29, 1.82) is 0 Å². The molecule has 26 heavy (non-hydrogen) atoms. The molecular formula is C18H27N6OS+. The number of hydrogen-bond donors (Lipinski definition) is 1. The smallest absolute Gasteiger partial charge is 0.236 e. The van der Waals surface area contributed by atoms with E-state index in [9.17, 15) is 4.79 Å². The minimum atomic E-state index is -0.214. The summed E-state index contributed by atoms with van der Waals surface area (Å²) in [5.41, 5.74) is 3.25. The van der Waals surface area contributed by atoms with Crippen molar-refractivity contribution < 1.29 is 9.69 Å². The fraction of sp³-hybridized carbons (Fsp3) is 0.556. The van der Waals surface area contributed by atoms with Crippen LogP contribution in [-0.2, 0) is 4.79 Å². The molecule has 1 amide bonds. The normalized spacial score (nSPS) is 16.7. The standard InChI is InChI=1S/C18H26N6OS/c1-5-22-8-10-23(11-9-22)17(25)15(4)26-18-19-20-21-24(18)16-7-6-13(2)12-14(16)3/h6-7,12,15H,5,8-11H2,1-4H3/p+1/t15-/m1/s1. The fourth-order valence-electron chi connectivity index (χ4n) is 3.31. The summed E-state index contributed by atoms with van der Waals surface area (Å²) < 4.78 is 1.72. The Morgan fingerprint density at radius 2 is 2.04 bits per heavy atom. The molecule has 0 bridgehead atoms. The highest BCUT2D eigenvalue weighted by Gasteiger charge is 2.28. The average Bonchev–Trinajstić information content (AvgIpc) is 3.09. The first-order chi connectivity index (χ1) is 12.5. The number of aryl methyl sites for hydroxylation is 2. The summed E-state index contributed by atoms with van der Waals surface area (Å²) in [5.74, 6) is 0.167. The van der Waals surface area contributed by atoms with Gasteiger partial charge in [0.2, 0.25) is 11.1 Å². The molecular weight excluding hydrogens is 348 g/mol. The average molecular weight is 376 g/mol. The van der Waals surface area contributed by atoms with Gasteiger partial charge in [-0.1, -0.05) is 29.5 Å². The molecule has 1 aromatic carbocycles. The van der Waals surface area contributed by atoms with E-state index in [1.54, 1.807) is 9.58 Å². The number of hydrogen-bond acceptors (Lipinski definition) is 5. The van der Waals surface area contributed by atoms with E-state index in [1.807, 2.05) is 30.9 Å². The summed E-state index contributed by atoms with van der Waals surface area (Å²) in [6, 6.07) is 6.17. The lowest BCUT2D eigenvalue weighted by Crippen LogP contribution is -3.14.